The fourth-order valence-electron chi connectivity index (χ4n) is 1.72. The van der Waals surface area contributed by atoms with Crippen molar-refractivity contribution in [1.29, 1.82) is 0 Å². The first-order chi connectivity index (χ1) is 10.5. The maximum Gasteiger partial charge on any atom is 0.338 e. The molecular weight excluding hydrogens is 308 g/mol. The number of halogens is 1. The summed E-state index contributed by atoms with van der Waals surface area (Å²) in [6, 6.07) is 6.26. The summed E-state index contributed by atoms with van der Waals surface area (Å²) >= 11 is 5.78. The molecule has 0 fully saturated rings. The first-order valence-corrected chi connectivity index (χ1v) is 7.32. The molecule has 0 spiro atoms. The molecule has 0 aliphatic rings. The number of likely N-dealkylation sites (N-methyl/N-ethyl adjacent to an activating group) is 2. The van der Waals surface area contributed by atoms with E-state index >= 15 is 0 Å². The van der Waals surface area contributed by atoms with Crippen LogP contribution in [0, 0.1) is 0 Å². The number of nitrogens with zero attached hydrogens (tertiary/aromatic N) is 1. The molecule has 120 valence electrons. The maximum absolute atomic E-state index is 12.0. The van der Waals surface area contributed by atoms with Gasteiger partial charge in [0.2, 0.25) is 5.91 Å². The van der Waals surface area contributed by atoms with Crippen LogP contribution >= 0.6 is 11.6 Å². The standard InChI is InChI=1S/C15H19ClN2O4/c1-3-17-13(19)9-18(4-2)14(20)10-22-15(21)11-6-5-7-12(16)8-11/h5-8H,3-4,9-10H2,1-2H3,(H,17,19). The van der Waals surface area contributed by atoms with Gasteiger partial charge in [0.05, 0.1) is 12.1 Å². The largest absolute Gasteiger partial charge is 0.452 e. The number of hydrogen-bond acceptors (Lipinski definition) is 4. The molecule has 1 N–H and O–H groups in total. The van der Waals surface area contributed by atoms with Crippen LogP contribution in [0.15, 0.2) is 24.3 Å². The monoisotopic (exact) mass is 326 g/mol. The van der Waals surface area contributed by atoms with Gasteiger partial charge in [0.15, 0.2) is 6.61 Å². The molecule has 0 saturated heterocycles. The van der Waals surface area contributed by atoms with Gasteiger partial charge in [-0.05, 0) is 32.0 Å². The molecule has 1 aromatic rings. The molecule has 0 aliphatic heterocycles. The predicted molar refractivity (Wildman–Crippen MR) is 82.7 cm³/mol. The Bertz CT molecular complexity index is 548. The third kappa shape index (κ3) is 5.73. The highest BCUT2D eigenvalue weighted by atomic mass is 35.5. The fraction of sp³-hybridized carbons (Fsp3) is 0.400. The van der Waals surface area contributed by atoms with Crippen molar-refractivity contribution >= 4 is 29.4 Å². The van der Waals surface area contributed by atoms with E-state index in [1.54, 1.807) is 32.0 Å². The average molecular weight is 327 g/mol. The van der Waals surface area contributed by atoms with Crippen molar-refractivity contribution < 1.29 is 19.1 Å². The van der Waals surface area contributed by atoms with Gasteiger partial charge >= 0.3 is 5.97 Å². The number of carbonyl (C=O) groups is 3. The molecule has 7 heteroatoms. The van der Waals surface area contributed by atoms with Gasteiger partial charge in [-0.1, -0.05) is 17.7 Å². The Morgan fingerprint density at radius 1 is 1.27 bits per heavy atom. The molecule has 2 amide bonds. The van der Waals surface area contributed by atoms with Crippen LogP contribution in [-0.4, -0.2) is 48.9 Å². The molecule has 1 aromatic carbocycles. The quantitative estimate of drug-likeness (QED) is 0.770. The summed E-state index contributed by atoms with van der Waals surface area (Å²) in [7, 11) is 0. The highest BCUT2D eigenvalue weighted by Gasteiger charge is 2.17. The maximum atomic E-state index is 12.0. The Morgan fingerprint density at radius 3 is 2.59 bits per heavy atom. The van der Waals surface area contributed by atoms with E-state index in [1.807, 2.05) is 0 Å². The topological polar surface area (TPSA) is 75.7 Å². The van der Waals surface area contributed by atoms with Gasteiger partial charge in [-0.15, -0.1) is 0 Å². The Balaban J connectivity index is 2.53. The van der Waals surface area contributed by atoms with Crippen LogP contribution in [0.3, 0.4) is 0 Å². The van der Waals surface area contributed by atoms with Gasteiger partial charge in [0.25, 0.3) is 5.91 Å². The van der Waals surface area contributed by atoms with E-state index < -0.39 is 18.5 Å². The summed E-state index contributed by atoms with van der Waals surface area (Å²) in [4.78, 5) is 36.6. The van der Waals surface area contributed by atoms with Crippen LogP contribution in [0.25, 0.3) is 0 Å². The SMILES string of the molecule is CCNC(=O)CN(CC)C(=O)COC(=O)c1cccc(Cl)c1. The van der Waals surface area contributed by atoms with Gasteiger partial charge in [-0.25, -0.2) is 4.79 Å². The molecule has 6 nitrogen and oxygen atoms in total. The number of benzene rings is 1. The summed E-state index contributed by atoms with van der Waals surface area (Å²) < 4.78 is 4.95. The van der Waals surface area contributed by atoms with E-state index in [9.17, 15) is 14.4 Å². The first-order valence-electron chi connectivity index (χ1n) is 6.95. The minimum Gasteiger partial charge on any atom is -0.452 e. The molecule has 0 bridgehead atoms. The zero-order valence-corrected chi connectivity index (χ0v) is 13.4. The number of amides is 2. The minimum absolute atomic E-state index is 0.0576. The van der Waals surface area contributed by atoms with E-state index in [2.05, 4.69) is 5.32 Å². The molecule has 0 saturated carbocycles. The number of carbonyl (C=O) groups excluding carboxylic acids is 3. The lowest BCUT2D eigenvalue weighted by Gasteiger charge is -2.20. The second kappa shape index (κ2) is 9.04. The molecule has 0 aromatic heterocycles. The second-order valence-corrected chi connectivity index (χ2v) is 4.88. The lowest BCUT2D eigenvalue weighted by molar-refractivity contribution is -0.138. The first kappa shape index (κ1) is 18.0. The molecule has 0 radical (unpaired) electrons. The second-order valence-electron chi connectivity index (χ2n) is 4.45. The van der Waals surface area contributed by atoms with E-state index in [-0.39, 0.29) is 18.0 Å². The zero-order chi connectivity index (χ0) is 16.5. The van der Waals surface area contributed by atoms with Crippen LogP contribution in [0.4, 0.5) is 0 Å². The smallest absolute Gasteiger partial charge is 0.338 e. The van der Waals surface area contributed by atoms with E-state index in [4.69, 9.17) is 16.3 Å². The van der Waals surface area contributed by atoms with Crippen LogP contribution < -0.4 is 5.32 Å². The zero-order valence-electron chi connectivity index (χ0n) is 12.6. The van der Waals surface area contributed by atoms with E-state index in [0.717, 1.165) is 0 Å². The van der Waals surface area contributed by atoms with Crippen LogP contribution in [0.5, 0.6) is 0 Å². The number of nitrogens with one attached hydrogen (secondary N) is 1. The van der Waals surface area contributed by atoms with Crippen molar-refractivity contribution in [2.24, 2.45) is 0 Å². The Hall–Kier alpha value is -2.08. The summed E-state index contributed by atoms with van der Waals surface area (Å²) in [6.07, 6.45) is 0. The van der Waals surface area contributed by atoms with E-state index in [0.29, 0.717) is 18.1 Å². The number of ether oxygens (including phenoxy) is 1. The van der Waals surface area contributed by atoms with Gasteiger partial charge in [-0.2, -0.15) is 0 Å². The van der Waals surface area contributed by atoms with Gasteiger partial charge in [-0.3, -0.25) is 9.59 Å². The highest BCUT2D eigenvalue weighted by molar-refractivity contribution is 6.30. The van der Waals surface area contributed by atoms with E-state index in [1.165, 1.54) is 11.0 Å². The van der Waals surface area contributed by atoms with Crippen molar-refractivity contribution in [1.82, 2.24) is 10.2 Å². The lowest BCUT2D eigenvalue weighted by Crippen LogP contribution is -2.42. The van der Waals surface area contributed by atoms with Crippen molar-refractivity contribution in [2.45, 2.75) is 13.8 Å². The third-order valence-electron chi connectivity index (χ3n) is 2.83. The van der Waals surface area contributed by atoms with Crippen molar-refractivity contribution in [3.8, 4) is 0 Å². The molecule has 1 rings (SSSR count). The molecule has 0 heterocycles. The van der Waals surface area contributed by atoms with Crippen LogP contribution in [-0.2, 0) is 14.3 Å². The molecule has 0 atom stereocenters. The minimum atomic E-state index is -0.634. The molecule has 0 unspecified atom stereocenters. The summed E-state index contributed by atoms with van der Waals surface area (Å²) in [5.74, 6) is -1.31. The average Bonchev–Trinajstić information content (AvgIpc) is 2.50. The predicted octanol–water partition coefficient (Wildman–Crippen LogP) is 1.48. The Morgan fingerprint density at radius 2 is 2.00 bits per heavy atom. The van der Waals surface area contributed by atoms with Crippen molar-refractivity contribution in [3.05, 3.63) is 34.9 Å². The number of rotatable bonds is 7. The fourth-order valence-corrected chi connectivity index (χ4v) is 1.91. The summed E-state index contributed by atoms with van der Waals surface area (Å²) in [5.41, 5.74) is 0.270. The normalized spacial score (nSPS) is 9.95. The molecular formula is C15H19ClN2O4. The van der Waals surface area contributed by atoms with Gasteiger partial charge < -0.3 is 15.0 Å². The highest BCUT2D eigenvalue weighted by Crippen LogP contribution is 2.11. The molecule has 0 aliphatic carbocycles. The van der Waals surface area contributed by atoms with Crippen molar-refractivity contribution in [2.75, 3.05) is 26.2 Å². The number of esters is 1. The van der Waals surface area contributed by atoms with Crippen LogP contribution in [0.2, 0.25) is 5.02 Å². The molecule has 22 heavy (non-hydrogen) atoms. The number of hydrogen-bond donors (Lipinski definition) is 1. The van der Waals surface area contributed by atoms with Crippen molar-refractivity contribution in [3.63, 3.8) is 0 Å². The van der Waals surface area contributed by atoms with Crippen LogP contribution in [0.1, 0.15) is 24.2 Å². The van der Waals surface area contributed by atoms with Gasteiger partial charge in [0.1, 0.15) is 0 Å². The summed E-state index contributed by atoms with van der Waals surface area (Å²) in [6.45, 7) is 3.91. The lowest BCUT2D eigenvalue weighted by atomic mass is 10.2. The third-order valence-corrected chi connectivity index (χ3v) is 3.06. The Kier molecular flexibility index (Phi) is 7.39. The summed E-state index contributed by atoms with van der Waals surface area (Å²) in [5, 5.41) is 3.02. The Labute approximate surface area is 134 Å². The van der Waals surface area contributed by atoms with Gasteiger partial charge in [0, 0.05) is 18.1 Å².